The molecule has 2 aromatic heterocycles. The van der Waals surface area contributed by atoms with Crippen LogP contribution in [0.15, 0.2) is 42.9 Å². The Kier molecular flexibility index (Phi) is 3.86. The maximum atomic E-state index is 11.9. The highest BCUT2D eigenvalue weighted by atomic mass is 16.1. The van der Waals surface area contributed by atoms with E-state index >= 15 is 0 Å². The number of carbonyl (C=O) groups is 1. The van der Waals surface area contributed by atoms with Crippen LogP contribution >= 0.6 is 0 Å². The first kappa shape index (κ1) is 13.9. The van der Waals surface area contributed by atoms with Crippen molar-refractivity contribution in [3.8, 4) is 11.4 Å². The summed E-state index contributed by atoms with van der Waals surface area (Å²) in [5.41, 5.74) is 2.37. The lowest BCUT2D eigenvalue weighted by atomic mass is 10.1. The zero-order chi connectivity index (χ0) is 15.4. The molecule has 0 bridgehead atoms. The SMILES string of the molecule is Cc1ccc(-c2n[nH]c(CNC(=O)c3cnccn3)n2)cc1. The van der Waals surface area contributed by atoms with Gasteiger partial charge in [0.1, 0.15) is 11.5 Å². The summed E-state index contributed by atoms with van der Waals surface area (Å²) < 4.78 is 0. The largest absolute Gasteiger partial charge is 0.343 e. The average Bonchev–Trinajstić information content (AvgIpc) is 3.03. The Morgan fingerprint density at radius 1 is 1.23 bits per heavy atom. The van der Waals surface area contributed by atoms with Crippen LogP contribution in [0.5, 0.6) is 0 Å². The van der Waals surface area contributed by atoms with E-state index in [0.717, 1.165) is 5.56 Å². The summed E-state index contributed by atoms with van der Waals surface area (Å²) in [4.78, 5) is 24.0. The van der Waals surface area contributed by atoms with Crippen LogP contribution in [0.3, 0.4) is 0 Å². The van der Waals surface area contributed by atoms with E-state index in [2.05, 4.69) is 30.5 Å². The standard InChI is InChI=1S/C15H14N6O/c1-10-2-4-11(5-3-10)14-19-13(20-21-14)9-18-15(22)12-8-16-6-7-17-12/h2-8H,9H2,1H3,(H,18,22)(H,19,20,21). The molecule has 0 aliphatic carbocycles. The van der Waals surface area contributed by atoms with Gasteiger partial charge in [-0.2, -0.15) is 5.10 Å². The molecule has 0 saturated carbocycles. The molecule has 0 aliphatic heterocycles. The summed E-state index contributed by atoms with van der Waals surface area (Å²) in [7, 11) is 0. The van der Waals surface area contributed by atoms with E-state index in [9.17, 15) is 4.79 Å². The summed E-state index contributed by atoms with van der Waals surface area (Å²) in [6.07, 6.45) is 4.40. The second-order valence-corrected chi connectivity index (χ2v) is 4.75. The third kappa shape index (κ3) is 3.14. The van der Waals surface area contributed by atoms with E-state index in [1.54, 1.807) is 0 Å². The van der Waals surface area contributed by atoms with Gasteiger partial charge in [-0.25, -0.2) is 9.97 Å². The van der Waals surface area contributed by atoms with Gasteiger partial charge in [-0.1, -0.05) is 29.8 Å². The first-order valence-corrected chi connectivity index (χ1v) is 6.75. The molecular weight excluding hydrogens is 280 g/mol. The minimum atomic E-state index is -0.304. The van der Waals surface area contributed by atoms with Crippen molar-refractivity contribution in [3.63, 3.8) is 0 Å². The summed E-state index contributed by atoms with van der Waals surface area (Å²) in [5, 5.41) is 9.68. The van der Waals surface area contributed by atoms with Crippen LogP contribution in [0, 0.1) is 6.92 Å². The predicted molar refractivity (Wildman–Crippen MR) is 79.8 cm³/mol. The molecular formula is C15H14N6O. The first-order chi connectivity index (χ1) is 10.7. The number of rotatable bonds is 4. The second-order valence-electron chi connectivity index (χ2n) is 4.75. The molecule has 3 aromatic rings. The molecule has 22 heavy (non-hydrogen) atoms. The zero-order valence-electron chi connectivity index (χ0n) is 11.9. The van der Waals surface area contributed by atoms with Crippen molar-refractivity contribution in [2.45, 2.75) is 13.5 Å². The van der Waals surface area contributed by atoms with E-state index in [4.69, 9.17) is 0 Å². The van der Waals surface area contributed by atoms with E-state index in [-0.39, 0.29) is 18.1 Å². The number of aromatic amines is 1. The highest BCUT2D eigenvalue weighted by molar-refractivity contribution is 5.91. The molecule has 2 heterocycles. The summed E-state index contributed by atoms with van der Waals surface area (Å²) in [5.74, 6) is 0.873. The van der Waals surface area contributed by atoms with Gasteiger partial charge in [-0.15, -0.1) is 0 Å². The normalized spacial score (nSPS) is 10.4. The number of H-pyrrole nitrogens is 1. The van der Waals surface area contributed by atoms with Crippen molar-refractivity contribution >= 4 is 5.91 Å². The molecule has 0 atom stereocenters. The fourth-order valence-electron chi connectivity index (χ4n) is 1.88. The summed E-state index contributed by atoms with van der Waals surface area (Å²) >= 11 is 0. The number of amides is 1. The van der Waals surface area contributed by atoms with Crippen LogP contribution in [-0.2, 0) is 6.54 Å². The monoisotopic (exact) mass is 294 g/mol. The maximum absolute atomic E-state index is 11.9. The Morgan fingerprint density at radius 3 is 2.77 bits per heavy atom. The Balaban J connectivity index is 1.65. The number of hydrogen-bond acceptors (Lipinski definition) is 5. The van der Waals surface area contributed by atoms with Gasteiger partial charge in [-0.05, 0) is 6.92 Å². The molecule has 0 saturated heterocycles. The van der Waals surface area contributed by atoms with Crippen molar-refractivity contribution < 1.29 is 4.79 Å². The zero-order valence-corrected chi connectivity index (χ0v) is 11.9. The fraction of sp³-hybridized carbons (Fsp3) is 0.133. The minimum absolute atomic E-state index is 0.244. The minimum Gasteiger partial charge on any atom is -0.343 e. The Hall–Kier alpha value is -3.09. The van der Waals surface area contributed by atoms with Crippen LogP contribution in [0.25, 0.3) is 11.4 Å². The van der Waals surface area contributed by atoms with E-state index < -0.39 is 0 Å². The number of nitrogens with one attached hydrogen (secondary N) is 2. The Labute approximate surface area is 126 Å². The van der Waals surface area contributed by atoms with Gasteiger partial charge in [0.2, 0.25) is 0 Å². The molecule has 1 aromatic carbocycles. The lowest BCUT2D eigenvalue weighted by Gasteiger charge is -2.01. The maximum Gasteiger partial charge on any atom is 0.271 e. The quantitative estimate of drug-likeness (QED) is 0.760. The highest BCUT2D eigenvalue weighted by Crippen LogP contribution is 2.14. The van der Waals surface area contributed by atoms with Crippen LogP contribution in [0.1, 0.15) is 21.9 Å². The van der Waals surface area contributed by atoms with Crippen LogP contribution in [0.2, 0.25) is 0 Å². The van der Waals surface area contributed by atoms with Crippen molar-refractivity contribution in [1.82, 2.24) is 30.5 Å². The highest BCUT2D eigenvalue weighted by Gasteiger charge is 2.09. The third-order valence-electron chi connectivity index (χ3n) is 3.05. The van der Waals surface area contributed by atoms with Gasteiger partial charge in [0.05, 0.1) is 12.7 Å². The lowest BCUT2D eigenvalue weighted by Crippen LogP contribution is -2.24. The molecule has 0 spiro atoms. The van der Waals surface area contributed by atoms with Crippen molar-refractivity contribution in [2.75, 3.05) is 0 Å². The number of hydrogen-bond donors (Lipinski definition) is 2. The van der Waals surface area contributed by atoms with Crippen molar-refractivity contribution in [1.29, 1.82) is 0 Å². The number of carbonyl (C=O) groups excluding carboxylic acids is 1. The molecule has 7 nitrogen and oxygen atoms in total. The number of aromatic nitrogens is 5. The Morgan fingerprint density at radius 2 is 2.05 bits per heavy atom. The van der Waals surface area contributed by atoms with Gasteiger partial charge in [-0.3, -0.25) is 14.9 Å². The molecule has 0 aliphatic rings. The molecule has 0 radical (unpaired) electrons. The Bertz CT molecular complexity index is 766. The van der Waals surface area contributed by atoms with Crippen LogP contribution in [0.4, 0.5) is 0 Å². The van der Waals surface area contributed by atoms with Gasteiger partial charge < -0.3 is 5.32 Å². The first-order valence-electron chi connectivity index (χ1n) is 6.75. The van der Waals surface area contributed by atoms with Gasteiger partial charge in [0.25, 0.3) is 5.91 Å². The molecule has 0 fully saturated rings. The molecule has 3 rings (SSSR count). The molecule has 1 amide bonds. The van der Waals surface area contributed by atoms with E-state index in [1.807, 2.05) is 31.2 Å². The molecule has 7 heteroatoms. The van der Waals surface area contributed by atoms with Crippen LogP contribution in [-0.4, -0.2) is 31.1 Å². The van der Waals surface area contributed by atoms with Crippen molar-refractivity contribution in [3.05, 3.63) is 59.9 Å². The van der Waals surface area contributed by atoms with E-state index in [1.165, 1.54) is 24.2 Å². The summed E-state index contributed by atoms with van der Waals surface area (Å²) in [6, 6.07) is 7.92. The smallest absolute Gasteiger partial charge is 0.271 e. The molecule has 2 N–H and O–H groups in total. The number of aryl methyl sites for hydroxylation is 1. The van der Waals surface area contributed by atoms with Crippen molar-refractivity contribution in [2.24, 2.45) is 0 Å². The second kappa shape index (κ2) is 6.13. The number of benzene rings is 1. The number of nitrogens with zero attached hydrogens (tertiary/aromatic N) is 4. The predicted octanol–water partition coefficient (Wildman–Crippen LogP) is 1.50. The lowest BCUT2D eigenvalue weighted by molar-refractivity contribution is 0.0944. The summed E-state index contributed by atoms with van der Waals surface area (Å²) in [6.45, 7) is 2.27. The van der Waals surface area contributed by atoms with Gasteiger partial charge >= 0.3 is 0 Å². The third-order valence-corrected chi connectivity index (χ3v) is 3.05. The molecule has 110 valence electrons. The van der Waals surface area contributed by atoms with Gasteiger partial charge in [0.15, 0.2) is 5.82 Å². The molecule has 0 unspecified atom stereocenters. The van der Waals surface area contributed by atoms with E-state index in [0.29, 0.717) is 11.6 Å². The average molecular weight is 294 g/mol. The fourth-order valence-corrected chi connectivity index (χ4v) is 1.88. The topological polar surface area (TPSA) is 96.5 Å². The van der Waals surface area contributed by atoms with Gasteiger partial charge in [0, 0.05) is 18.0 Å². The van der Waals surface area contributed by atoms with Crippen LogP contribution < -0.4 is 5.32 Å².